The Balaban J connectivity index is 1.61. The Morgan fingerprint density at radius 2 is 2.18 bits per heavy atom. The lowest BCUT2D eigenvalue weighted by molar-refractivity contribution is 0.0557. The van der Waals surface area contributed by atoms with Crippen LogP contribution in [0.1, 0.15) is 19.8 Å². The molecular weight excluding hydrogens is 304 g/mol. The fraction of sp³-hybridized carbons (Fsp3) is 0.562. The quantitative estimate of drug-likeness (QED) is 0.845. The molecule has 122 valence electrons. The van der Waals surface area contributed by atoms with E-state index < -0.39 is 0 Å². The summed E-state index contributed by atoms with van der Waals surface area (Å²) >= 11 is 5.82. The van der Waals surface area contributed by atoms with Gasteiger partial charge in [0.25, 0.3) is 0 Å². The molecule has 1 saturated heterocycles. The van der Waals surface area contributed by atoms with E-state index >= 15 is 0 Å². The lowest BCUT2D eigenvalue weighted by Crippen LogP contribution is -2.43. The second kappa shape index (κ2) is 8.86. The van der Waals surface area contributed by atoms with Crippen LogP contribution in [-0.4, -0.2) is 38.4 Å². The van der Waals surface area contributed by atoms with Gasteiger partial charge < -0.3 is 20.1 Å². The predicted molar refractivity (Wildman–Crippen MR) is 86.5 cm³/mol. The van der Waals surface area contributed by atoms with Crippen LogP contribution in [0.5, 0.6) is 5.75 Å². The van der Waals surface area contributed by atoms with Gasteiger partial charge in [-0.3, -0.25) is 0 Å². The molecule has 1 aliphatic heterocycles. The van der Waals surface area contributed by atoms with Gasteiger partial charge in [0, 0.05) is 18.2 Å². The maximum absolute atomic E-state index is 11.8. The van der Waals surface area contributed by atoms with Crippen molar-refractivity contribution in [2.75, 3.05) is 26.3 Å². The van der Waals surface area contributed by atoms with Gasteiger partial charge >= 0.3 is 6.03 Å². The molecule has 1 fully saturated rings. The minimum Gasteiger partial charge on any atom is -0.489 e. The summed E-state index contributed by atoms with van der Waals surface area (Å²) in [5.41, 5.74) is 0. The molecule has 6 heteroatoms. The van der Waals surface area contributed by atoms with Gasteiger partial charge in [0.1, 0.15) is 11.9 Å². The highest BCUT2D eigenvalue weighted by atomic mass is 35.5. The third-order valence-electron chi connectivity index (χ3n) is 3.51. The summed E-state index contributed by atoms with van der Waals surface area (Å²) in [6.07, 6.45) is 2.06. The van der Waals surface area contributed by atoms with E-state index in [1.807, 2.05) is 19.1 Å². The Bertz CT molecular complexity index is 461. The van der Waals surface area contributed by atoms with Gasteiger partial charge in [0.2, 0.25) is 0 Å². The van der Waals surface area contributed by atoms with Gasteiger partial charge in [-0.2, -0.15) is 0 Å². The van der Waals surface area contributed by atoms with Crippen molar-refractivity contribution in [2.45, 2.75) is 25.9 Å². The first-order chi connectivity index (χ1) is 10.6. The van der Waals surface area contributed by atoms with Crippen LogP contribution < -0.4 is 15.4 Å². The lowest BCUT2D eigenvalue weighted by atomic mass is 10.0. The van der Waals surface area contributed by atoms with Crippen LogP contribution in [0.15, 0.2) is 24.3 Å². The summed E-state index contributed by atoms with van der Waals surface area (Å²) in [5.74, 6) is 1.15. The van der Waals surface area contributed by atoms with Gasteiger partial charge in [0.15, 0.2) is 0 Å². The number of ether oxygens (including phenoxy) is 2. The van der Waals surface area contributed by atoms with Crippen LogP contribution in [0.2, 0.25) is 5.02 Å². The maximum atomic E-state index is 11.8. The third-order valence-corrected chi connectivity index (χ3v) is 3.76. The van der Waals surface area contributed by atoms with Crippen molar-refractivity contribution in [3.63, 3.8) is 0 Å². The zero-order valence-corrected chi connectivity index (χ0v) is 13.6. The molecule has 0 bridgehead atoms. The maximum Gasteiger partial charge on any atom is 0.314 e. The summed E-state index contributed by atoms with van der Waals surface area (Å²) in [7, 11) is 0. The molecule has 1 aromatic rings. The van der Waals surface area contributed by atoms with Crippen molar-refractivity contribution < 1.29 is 14.3 Å². The predicted octanol–water partition coefficient (Wildman–Crippen LogP) is 2.83. The molecular formula is C16H23ClN2O3. The number of rotatable bonds is 6. The smallest absolute Gasteiger partial charge is 0.314 e. The molecule has 1 aliphatic rings. The number of amides is 2. The number of urea groups is 1. The summed E-state index contributed by atoms with van der Waals surface area (Å²) in [6, 6.07) is 6.99. The average molecular weight is 327 g/mol. The van der Waals surface area contributed by atoms with Gasteiger partial charge in [-0.1, -0.05) is 11.6 Å². The van der Waals surface area contributed by atoms with Gasteiger partial charge in [0.05, 0.1) is 13.2 Å². The van der Waals surface area contributed by atoms with Crippen LogP contribution in [0.4, 0.5) is 4.79 Å². The molecule has 1 heterocycles. The van der Waals surface area contributed by atoms with Crippen molar-refractivity contribution in [3.8, 4) is 5.75 Å². The Morgan fingerprint density at radius 1 is 1.41 bits per heavy atom. The van der Waals surface area contributed by atoms with E-state index in [1.54, 1.807) is 12.1 Å². The van der Waals surface area contributed by atoms with Gasteiger partial charge in [-0.05, 0) is 49.9 Å². The zero-order valence-electron chi connectivity index (χ0n) is 12.8. The number of hydrogen-bond acceptors (Lipinski definition) is 3. The SMILES string of the molecule is C[C@@H](CNC(=O)NC[C@H]1CCCOC1)Oc1ccc(Cl)cc1. The molecule has 5 nitrogen and oxygen atoms in total. The summed E-state index contributed by atoms with van der Waals surface area (Å²) in [6.45, 7) is 4.57. The number of nitrogens with one attached hydrogen (secondary N) is 2. The lowest BCUT2D eigenvalue weighted by Gasteiger charge is -2.22. The molecule has 2 N–H and O–H groups in total. The second-order valence-corrected chi connectivity index (χ2v) is 5.99. The summed E-state index contributed by atoms with van der Waals surface area (Å²) < 4.78 is 11.1. The van der Waals surface area contributed by atoms with Crippen molar-refractivity contribution >= 4 is 17.6 Å². The first kappa shape index (κ1) is 16.9. The topological polar surface area (TPSA) is 59.6 Å². The van der Waals surface area contributed by atoms with E-state index in [-0.39, 0.29) is 12.1 Å². The third kappa shape index (κ3) is 6.12. The molecule has 0 unspecified atom stereocenters. The Morgan fingerprint density at radius 3 is 2.86 bits per heavy atom. The van der Waals surface area contributed by atoms with Crippen LogP contribution in [0, 0.1) is 5.92 Å². The van der Waals surface area contributed by atoms with E-state index in [4.69, 9.17) is 21.1 Å². The van der Waals surface area contributed by atoms with E-state index in [0.29, 0.717) is 24.0 Å². The first-order valence-corrected chi connectivity index (χ1v) is 8.03. The number of benzene rings is 1. The van der Waals surface area contributed by atoms with Crippen molar-refractivity contribution in [3.05, 3.63) is 29.3 Å². The van der Waals surface area contributed by atoms with Gasteiger partial charge in [-0.15, -0.1) is 0 Å². The van der Waals surface area contributed by atoms with E-state index in [0.717, 1.165) is 31.8 Å². The highest BCUT2D eigenvalue weighted by Crippen LogP contribution is 2.16. The Hall–Kier alpha value is -1.46. The van der Waals surface area contributed by atoms with Crippen LogP contribution in [-0.2, 0) is 4.74 Å². The van der Waals surface area contributed by atoms with Crippen molar-refractivity contribution in [1.29, 1.82) is 0 Å². The zero-order chi connectivity index (χ0) is 15.8. The fourth-order valence-corrected chi connectivity index (χ4v) is 2.42. The van der Waals surface area contributed by atoms with Crippen molar-refractivity contribution in [1.82, 2.24) is 10.6 Å². The highest BCUT2D eigenvalue weighted by Gasteiger charge is 2.15. The minimum absolute atomic E-state index is 0.120. The fourth-order valence-electron chi connectivity index (χ4n) is 2.29. The van der Waals surface area contributed by atoms with Crippen LogP contribution in [0.3, 0.4) is 0 Å². The molecule has 0 spiro atoms. The molecule has 0 saturated carbocycles. The normalized spacial score (nSPS) is 19.3. The van der Waals surface area contributed by atoms with Crippen LogP contribution >= 0.6 is 11.6 Å². The van der Waals surface area contributed by atoms with Crippen LogP contribution in [0.25, 0.3) is 0 Å². The minimum atomic E-state index is -0.169. The largest absolute Gasteiger partial charge is 0.489 e. The molecule has 0 radical (unpaired) electrons. The molecule has 2 amide bonds. The van der Waals surface area contributed by atoms with E-state index in [9.17, 15) is 4.79 Å². The molecule has 22 heavy (non-hydrogen) atoms. The van der Waals surface area contributed by atoms with Crippen molar-refractivity contribution in [2.24, 2.45) is 5.92 Å². The standard InChI is InChI=1S/C16H23ClN2O3/c1-12(22-15-6-4-14(17)5-7-15)9-18-16(20)19-10-13-3-2-8-21-11-13/h4-7,12-13H,2-3,8-11H2,1H3,(H2,18,19,20)/t12-,13+/m0/s1. The summed E-state index contributed by atoms with van der Waals surface area (Å²) in [5, 5.41) is 6.36. The van der Waals surface area contributed by atoms with E-state index in [2.05, 4.69) is 10.6 Å². The van der Waals surface area contributed by atoms with Gasteiger partial charge in [-0.25, -0.2) is 4.79 Å². The number of carbonyl (C=O) groups excluding carboxylic acids is 1. The number of halogens is 1. The Kier molecular flexibility index (Phi) is 6.80. The highest BCUT2D eigenvalue weighted by molar-refractivity contribution is 6.30. The monoisotopic (exact) mass is 326 g/mol. The molecule has 2 atom stereocenters. The first-order valence-electron chi connectivity index (χ1n) is 7.65. The average Bonchev–Trinajstić information content (AvgIpc) is 2.54. The number of hydrogen-bond donors (Lipinski definition) is 2. The van der Waals surface area contributed by atoms with E-state index in [1.165, 1.54) is 0 Å². The second-order valence-electron chi connectivity index (χ2n) is 5.56. The Labute approximate surface area is 136 Å². The summed E-state index contributed by atoms with van der Waals surface area (Å²) in [4.78, 5) is 11.8. The molecule has 1 aromatic carbocycles. The number of carbonyl (C=O) groups is 1. The molecule has 0 aromatic heterocycles. The molecule has 0 aliphatic carbocycles. The molecule has 2 rings (SSSR count).